The molecule has 0 spiro atoms. The number of hydrogen-bond donors (Lipinski definition) is 1. The molecule has 0 saturated heterocycles. The number of aliphatic hydroxyl groups excluding tert-OH is 1. The summed E-state index contributed by atoms with van der Waals surface area (Å²) in [6.07, 6.45) is -0.762. The van der Waals surface area contributed by atoms with Gasteiger partial charge in [-0.1, -0.05) is 57.3 Å². The zero-order valence-corrected chi connectivity index (χ0v) is 12.8. The lowest BCUT2D eigenvalue weighted by molar-refractivity contribution is 0.177. The van der Waals surface area contributed by atoms with E-state index in [4.69, 9.17) is 23.2 Å². The van der Waals surface area contributed by atoms with Gasteiger partial charge in [-0.2, -0.15) is 0 Å². The molecule has 2 rings (SSSR count). The molecule has 1 atom stereocenters. The van der Waals surface area contributed by atoms with E-state index in [2.05, 4.69) is 15.9 Å². The topological polar surface area (TPSA) is 20.2 Å². The van der Waals surface area contributed by atoms with E-state index in [1.54, 1.807) is 30.3 Å². The van der Waals surface area contributed by atoms with Crippen molar-refractivity contribution in [3.63, 3.8) is 0 Å². The normalized spacial score (nSPS) is 12.5. The Morgan fingerprint density at radius 1 is 1.16 bits per heavy atom. The first-order valence-corrected chi connectivity index (χ1v) is 7.10. The number of aliphatic hydroxyl groups is 1. The molecule has 19 heavy (non-hydrogen) atoms. The van der Waals surface area contributed by atoms with Gasteiger partial charge in [0.1, 0.15) is 5.82 Å². The van der Waals surface area contributed by atoms with Gasteiger partial charge in [0.05, 0.1) is 11.1 Å². The molecule has 5 heteroatoms. The second-order valence-corrected chi connectivity index (χ2v) is 5.83. The van der Waals surface area contributed by atoms with E-state index in [0.717, 1.165) is 4.47 Å². The van der Waals surface area contributed by atoms with Gasteiger partial charge in [-0.05, 0) is 29.3 Å². The Bertz CT molecular complexity index is 604. The van der Waals surface area contributed by atoms with E-state index in [-0.39, 0.29) is 11.4 Å². The van der Waals surface area contributed by atoms with Crippen LogP contribution in [0.4, 0.5) is 4.39 Å². The van der Waals surface area contributed by atoms with Gasteiger partial charge < -0.3 is 5.11 Å². The molecule has 0 aliphatic carbocycles. The van der Waals surface area contributed by atoms with Gasteiger partial charge in [-0.15, -0.1) is 0 Å². The minimum atomic E-state index is -0.881. The van der Waals surface area contributed by atoms with Crippen molar-refractivity contribution in [3.05, 3.63) is 67.9 Å². The Balaban J connectivity index is 2.25. The third-order valence-corrected chi connectivity index (χ3v) is 3.88. The number of rotatable bonds is 3. The Kier molecular flexibility index (Phi) is 4.85. The Hall–Kier alpha value is -0.610. The van der Waals surface area contributed by atoms with Crippen molar-refractivity contribution < 1.29 is 9.50 Å². The van der Waals surface area contributed by atoms with Crippen LogP contribution in [0, 0.1) is 5.82 Å². The van der Waals surface area contributed by atoms with Crippen molar-refractivity contribution in [1.29, 1.82) is 0 Å². The van der Waals surface area contributed by atoms with E-state index in [0.29, 0.717) is 16.1 Å². The van der Waals surface area contributed by atoms with E-state index in [9.17, 15) is 9.50 Å². The fourth-order valence-electron chi connectivity index (χ4n) is 1.80. The molecule has 100 valence electrons. The summed E-state index contributed by atoms with van der Waals surface area (Å²) >= 11 is 15.0. The average Bonchev–Trinajstić information content (AvgIpc) is 2.34. The minimum absolute atomic E-state index is 0.0478. The molecule has 2 aromatic rings. The summed E-state index contributed by atoms with van der Waals surface area (Å²) in [5, 5.41) is 10.6. The van der Waals surface area contributed by atoms with Crippen LogP contribution in [-0.4, -0.2) is 5.11 Å². The predicted molar refractivity (Wildman–Crippen MR) is 79.2 cm³/mol. The lowest BCUT2D eigenvalue weighted by atomic mass is 10.0. The summed E-state index contributed by atoms with van der Waals surface area (Å²) in [5.41, 5.74) is 0.920. The van der Waals surface area contributed by atoms with E-state index in [1.807, 2.05) is 0 Å². The quantitative estimate of drug-likeness (QED) is 0.797. The summed E-state index contributed by atoms with van der Waals surface area (Å²) in [5.74, 6) is -0.503. The standard InChI is InChI=1S/C14H10BrCl2FO/c15-9-4-5-10(12(17)7-9)13(19)6-8-2-1-3-11(16)14(8)18/h1-5,7,13,19H,6H2. The Morgan fingerprint density at radius 2 is 1.89 bits per heavy atom. The molecule has 2 aromatic carbocycles. The fraction of sp³-hybridized carbons (Fsp3) is 0.143. The predicted octanol–water partition coefficient (Wildman–Crippen LogP) is 5.17. The molecule has 0 heterocycles. The maximum absolute atomic E-state index is 13.8. The lowest BCUT2D eigenvalue weighted by Crippen LogP contribution is -2.04. The maximum Gasteiger partial charge on any atom is 0.145 e. The first-order chi connectivity index (χ1) is 8.99. The van der Waals surface area contributed by atoms with Crippen LogP contribution in [0.5, 0.6) is 0 Å². The summed E-state index contributed by atoms with van der Waals surface area (Å²) in [7, 11) is 0. The van der Waals surface area contributed by atoms with Gasteiger partial charge >= 0.3 is 0 Å². The summed E-state index contributed by atoms with van der Waals surface area (Å²) in [6.45, 7) is 0. The molecule has 0 radical (unpaired) electrons. The van der Waals surface area contributed by atoms with Crippen LogP contribution in [-0.2, 0) is 6.42 Å². The fourth-order valence-corrected chi connectivity index (χ4v) is 2.79. The monoisotopic (exact) mass is 362 g/mol. The molecule has 1 nitrogen and oxygen atoms in total. The van der Waals surface area contributed by atoms with Crippen molar-refractivity contribution in [2.45, 2.75) is 12.5 Å². The third kappa shape index (κ3) is 3.48. The van der Waals surface area contributed by atoms with Gasteiger partial charge in [0, 0.05) is 15.9 Å². The van der Waals surface area contributed by atoms with Gasteiger partial charge in [0.25, 0.3) is 0 Å². The Labute approximate surface area is 129 Å². The highest BCUT2D eigenvalue weighted by Gasteiger charge is 2.15. The van der Waals surface area contributed by atoms with Crippen LogP contribution < -0.4 is 0 Å². The SMILES string of the molecule is OC(Cc1cccc(Cl)c1F)c1ccc(Br)cc1Cl. The molecule has 0 aliphatic rings. The minimum Gasteiger partial charge on any atom is -0.388 e. The van der Waals surface area contributed by atoms with Crippen LogP contribution in [0.3, 0.4) is 0 Å². The molecule has 0 aliphatic heterocycles. The Morgan fingerprint density at radius 3 is 2.58 bits per heavy atom. The second kappa shape index (κ2) is 6.23. The van der Waals surface area contributed by atoms with Crippen LogP contribution in [0.2, 0.25) is 10.0 Å². The molecule has 0 bridgehead atoms. The van der Waals surface area contributed by atoms with Crippen LogP contribution in [0.1, 0.15) is 17.2 Å². The van der Waals surface area contributed by atoms with Crippen LogP contribution in [0.15, 0.2) is 40.9 Å². The summed E-state index contributed by atoms with van der Waals surface area (Å²) in [4.78, 5) is 0. The molecule has 1 N–H and O–H groups in total. The van der Waals surface area contributed by atoms with Gasteiger partial charge in [-0.25, -0.2) is 4.39 Å². The first kappa shape index (κ1) is 14.8. The van der Waals surface area contributed by atoms with Crippen molar-refractivity contribution in [1.82, 2.24) is 0 Å². The molecular weight excluding hydrogens is 354 g/mol. The van der Waals surface area contributed by atoms with Gasteiger partial charge in [0.2, 0.25) is 0 Å². The number of hydrogen-bond acceptors (Lipinski definition) is 1. The van der Waals surface area contributed by atoms with Crippen molar-refractivity contribution in [2.75, 3.05) is 0 Å². The highest BCUT2D eigenvalue weighted by Crippen LogP contribution is 2.30. The van der Waals surface area contributed by atoms with Crippen LogP contribution >= 0.6 is 39.1 Å². The average molecular weight is 364 g/mol. The highest BCUT2D eigenvalue weighted by atomic mass is 79.9. The van der Waals surface area contributed by atoms with Crippen molar-refractivity contribution >= 4 is 39.1 Å². The van der Waals surface area contributed by atoms with Crippen LogP contribution in [0.25, 0.3) is 0 Å². The second-order valence-electron chi connectivity index (χ2n) is 4.10. The summed E-state index contributed by atoms with van der Waals surface area (Å²) < 4.78 is 14.6. The highest BCUT2D eigenvalue weighted by molar-refractivity contribution is 9.10. The molecule has 0 aromatic heterocycles. The van der Waals surface area contributed by atoms with Crippen molar-refractivity contribution in [2.24, 2.45) is 0 Å². The largest absolute Gasteiger partial charge is 0.388 e. The molecule has 0 saturated carbocycles. The first-order valence-electron chi connectivity index (χ1n) is 5.55. The number of benzene rings is 2. The third-order valence-electron chi connectivity index (χ3n) is 2.77. The molecular formula is C14H10BrCl2FO. The molecule has 0 amide bonds. The zero-order chi connectivity index (χ0) is 14.0. The van der Waals surface area contributed by atoms with Gasteiger partial charge in [-0.3, -0.25) is 0 Å². The zero-order valence-electron chi connectivity index (χ0n) is 9.71. The van der Waals surface area contributed by atoms with E-state index >= 15 is 0 Å². The molecule has 1 unspecified atom stereocenters. The van der Waals surface area contributed by atoms with Gasteiger partial charge in [0.15, 0.2) is 0 Å². The summed E-state index contributed by atoms with van der Waals surface area (Å²) in [6, 6.07) is 9.89. The van der Waals surface area contributed by atoms with E-state index < -0.39 is 11.9 Å². The van der Waals surface area contributed by atoms with E-state index in [1.165, 1.54) is 6.07 Å². The molecule has 0 fully saturated rings. The lowest BCUT2D eigenvalue weighted by Gasteiger charge is -2.14. The van der Waals surface area contributed by atoms with Crippen molar-refractivity contribution in [3.8, 4) is 0 Å². The number of halogens is 4. The maximum atomic E-state index is 13.8. The smallest absolute Gasteiger partial charge is 0.145 e.